The van der Waals surface area contributed by atoms with Crippen LogP contribution in [0.2, 0.25) is 5.02 Å². The van der Waals surface area contributed by atoms with Gasteiger partial charge in [-0.25, -0.2) is 9.78 Å². The van der Waals surface area contributed by atoms with Gasteiger partial charge < -0.3 is 9.57 Å². The average molecular weight is 396 g/mol. The summed E-state index contributed by atoms with van der Waals surface area (Å²) in [6.45, 7) is 3.80. The maximum absolute atomic E-state index is 12.5. The maximum atomic E-state index is 12.5. The lowest BCUT2D eigenvalue weighted by Crippen LogP contribution is -2.20. The van der Waals surface area contributed by atoms with Gasteiger partial charge in [-0.15, -0.1) is 0 Å². The third-order valence-electron chi connectivity index (χ3n) is 4.04. The van der Waals surface area contributed by atoms with Crippen LogP contribution in [0.5, 0.6) is 0 Å². The number of nitrogens with zero attached hydrogens (tertiary/aromatic N) is 3. The van der Waals surface area contributed by atoms with Crippen LogP contribution >= 0.6 is 11.6 Å². The van der Waals surface area contributed by atoms with Crippen LogP contribution in [0.25, 0.3) is 11.4 Å². The summed E-state index contributed by atoms with van der Waals surface area (Å²) in [5.41, 5.74) is 2.56. The fourth-order valence-electron chi connectivity index (χ4n) is 2.73. The fourth-order valence-corrected chi connectivity index (χ4v) is 2.92. The second-order valence-corrected chi connectivity index (χ2v) is 6.35. The first kappa shape index (κ1) is 19.5. The topological polar surface area (TPSA) is 77.1 Å². The summed E-state index contributed by atoms with van der Waals surface area (Å²) in [4.78, 5) is 22.9. The number of aromatic nitrogens is 2. The van der Waals surface area contributed by atoms with Gasteiger partial charge in [0, 0.05) is 16.1 Å². The number of benzene rings is 2. The van der Waals surface area contributed by atoms with Crippen LogP contribution in [-0.4, -0.2) is 22.3 Å². The minimum absolute atomic E-state index is 0.132. The van der Waals surface area contributed by atoms with Crippen LogP contribution in [0.4, 0.5) is 0 Å². The molecule has 3 aromatic rings. The molecule has 0 saturated heterocycles. The molecule has 0 bridgehead atoms. The number of carbonyl (C=O) groups excluding carboxylic acids is 1. The monoisotopic (exact) mass is 395 g/mol. The summed E-state index contributed by atoms with van der Waals surface area (Å²) in [6.07, 6.45) is 0. The van der Waals surface area contributed by atoms with E-state index < -0.39 is 5.97 Å². The predicted octanol–water partition coefficient (Wildman–Crippen LogP) is 4.19. The molecule has 7 heteroatoms. The molecule has 28 heavy (non-hydrogen) atoms. The van der Waals surface area contributed by atoms with Gasteiger partial charge in [0.2, 0.25) is 0 Å². The molecule has 6 nitrogen and oxygen atoms in total. The van der Waals surface area contributed by atoms with Gasteiger partial charge in [-0.1, -0.05) is 41.9 Å². The zero-order valence-corrected chi connectivity index (χ0v) is 16.2. The van der Waals surface area contributed by atoms with Crippen molar-refractivity contribution in [2.24, 2.45) is 0 Å². The van der Waals surface area contributed by atoms with E-state index in [2.05, 4.69) is 11.1 Å². The molecular formula is C21H18ClN3O3. The summed E-state index contributed by atoms with van der Waals surface area (Å²) < 4.78 is 6.52. The highest BCUT2D eigenvalue weighted by atomic mass is 35.5. The molecule has 0 amide bonds. The van der Waals surface area contributed by atoms with Gasteiger partial charge in [0.15, 0.2) is 11.5 Å². The van der Waals surface area contributed by atoms with Crippen LogP contribution in [0, 0.1) is 18.3 Å². The number of nitriles is 1. The van der Waals surface area contributed by atoms with Crippen molar-refractivity contribution in [3.8, 4) is 17.5 Å². The molecule has 0 aliphatic rings. The van der Waals surface area contributed by atoms with Crippen LogP contribution in [-0.2, 0) is 11.3 Å². The van der Waals surface area contributed by atoms with E-state index in [1.807, 2.05) is 18.2 Å². The van der Waals surface area contributed by atoms with Gasteiger partial charge in [0.1, 0.15) is 6.61 Å². The zero-order valence-electron chi connectivity index (χ0n) is 15.5. The van der Waals surface area contributed by atoms with E-state index >= 15 is 0 Å². The number of aryl methyl sites for hydroxylation is 1. The normalized spacial score (nSPS) is 10.4. The highest BCUT2D eigenvalue weighted by Crippen LogP contribution is 2.24. The van der Waals surface area contributed by atoms with Crippen molar-refractivity contribution in [1.29, 1.82) is 5.26 Å². The predicted molar refractivity (Wildman–Crippen MR) is 105 cm³/mol. The van der Waals surface area contributed by atoms with Crippen molar-refractivity contribution in [3.05, 3.63) is 76.1 Å². The average Bonchev–Trinajstić information content (AvgIpc) is 3.04. The van der Waals surface area contributed by atoms with Crippen molar-refractivity contribution < 1.29 is 14.4 Å². The van der Waals surface area contributed by atoms with Gasteiger partial charge in [0.05, 0.1) is 23.9 Å². The number of hydrogen-bond donors (Lipinski definition) is 0. The fraction of sp³-hybridized carbons (Fsp3) is 0.190. The van der Waals surface area contributed by atoms with Crippen LogP contribution in [0.1, 0.15) is 34.2 Å². The molecule has 0 unspecified atom stereocenters. The second-order valence-electron chi connectivity index (χ2n) is 5.94. The van der Waals surface area contributed by atoms with E-state index in [0.29, 0.717) is 27.7 Å². The second kappa shape index (κ2) is 8.59. The van der Waals surface area contributed by atoms with Crippen molar-refractivity contribution in [2.75, 3.05) is 6.61 Å². The van der Waals surface area contributed by atoms with Gasteiger partial charge in [-0.3, -0.25) is 0 Å². The number of ether oxygens (including phenoxy) is 1. The van der Waals surface area contributed by atoms with E-state index in [1.165, 1.54) is 4.73 Å². The minimum atomic E-state index is -0.533. The van der Waals surface area contributed by atoms with Gasteiger partial charge in [0.25, 0.3) is 0 Å². The standard InChI is InChI=1S/C21H18ClN3O3/c1-3-27-21(26)19-14(2)24-20(16-9-6-7-15(11-16)12-23)25(19)28-13-17-8-4-5-10-18(17)22/h4-11H,3,13H2,1-2H3. The number of imidazole rings is 1. The third-order valence-corrected chi connectivity index (χ3v) is 4.41. The van der Waals surface area contributed by atoms with E-state index in [9.17, 15) is 10.1 Å². The molecule has 142 valence electrons. The molecule has 0 aliphatic heterocycles. The molecule has 0 saturated carbocycles. The van der Waals surface area contributed by atoms with Gasteiger partial charge in [-0.2, -0.15) is 9.99 Å². The summed E-state index contributed by atoms with van der Waals surface area (Å²) >= 11 is 6.21. The van der Waals surface area contributed by atoms with Gasteiger partial charge >= 0.3 is 5.97 Å². The lowest BCUT2D eigenvalue weighted by Gasteiger charge is -2.14. The van der Waals surface area contributed by atoms with Crippen LogP contribution < -0.4 is 4.84 Å². The molecule has 3 rings (SSSR count). The Kier molecular flexibility index (Phi) is 5.97. The Morgan fingerprint density at radius 2 is 2.04 bits per heavy atom. The molecule has 0 aliphatic carbocycles. The molecule has 0 fully saturated rings. The Labute approximate surface area is 167 Å². The van der Waals surface area contributed by atoms with Crippen molar-refractivity contribution >= 4 is 17.6 Å². The summed E-state index contributed by atoms with van der Waals surface area (Å²) in [5, 5.41) is 9.74. The lowest BCUT2D eigenvalue weighted by molar-refractivity contribution is 0.0426. The summed E-state index contributed by atoms with van der Waals surface area (Å²) in [7, 11) is 0. The molecular weight excluding hydrogens is 378 g/mol. The molecule has 0 atom stereocenters. The Morgan fingerprint density at radius 3 is 2.75 bits per heavy atom. The quantitative estimate of drug-likeness (QED) is 0.585. The SMILES string of the molecule is CCOC(=O)c1c(C)nc(-c2cccc(C#N)c2)n1OCc1ccccc1Cl. The zero-order chi connectivity index (χ0) is 20.1. The Hall–Kier alpha value is -3.30. The van der Waals surface area contributed by atoms with Crippen molar-refractivity contribution in [2.45, 2.75) is 20.5 Å². The first-order valence-electron chi connectivity index (χ1n) is 8.68. The number of rotatable bonds is 6. The number of esters is 1. The summed E-state index contributed by atoms with van der Waals surface area (Å²) in [5.74, 6) is -0.126. The Bertz CT molecular complexity index is 1050. The van der Waals surface area contributed by atoms with Crippen molar-refractivity contribution in [1.82, 2.24) is 9.71 Å². The van der Waals surface area contributed by atoms with E-state index in [1.54, 1.807) is 44.2 Å². The largest absolute Gasteiger partial charge is 0.461 e. The first-order valence-corrected chi connectivity index (χ1v) is 9.06. The highest BCUT2D eigenvalue weighted by Gasteiger charge is 2.24. The van der Waals surface area contributed by atoms with Crippen LogP contribution in [0.3, 0.4) is 0 Å². The molecule has 0 radical (unpaired) electrons. The van der Waals surface area contributed by atoms with Gasteiger partial charge in [-0.05, 0) is 32.0 Å². The molecule has 0 spiro atoms. The first-order chi connectivity index (χ1) is 13.5. The third kappa shape index (κ3) is 4.00. The lowest BCUT2D eigenvalue weighted by atomic mass is 10.1. The molecule has 2 aromatic carbocycles. The van der Waals surface area contributed by atoms with E-state index in [0.717, 1.165) is 5.56 Å². The van der Waals surface area contributed by atoms with Crippen molar-refractivity contribution in [3.63, 3.8) is 0 Å². The van der Waals surface area contributed by atoms with E-state index in [4.69, 9.17) is 21.2 Å². The molecule has 0 N–H and O–H groups in total. The smallest absolute Gasteiger partial charge is 0.360 e. The minimum Gasteiger partial charge on any atom is -0.461 e. The number of hydrogen-bond acceptors (Lipinski definition) is 5. The number of halogens is 1. The summed E-state index contributed by atoms with van der Waals surface area (Å²) in [6, 6.07) is 16.3. The molecule has 1 heterocycles. The highest BCUT2D eigenvalue weighted by molar-refractivity contribution is 6.31. The number of carbonyl (C=O) groups is 1. The Balaban J connectivity index is 2.06. The molecule has 1 aromatic heterocycles. The van der Waals surface area contributed by atoms with Crippen LogP contribution in [0.15, 0.2) is 48.5 Å². The Morgan fingerprint density at radius 1 is 1.25 bits per heavy atom. The maximum Gasteiger partial charge on any atom is 0.360 e. The van der Waals surface area contributed by atoms with E-state index in [-0.39, 0.29) is 18.9 Å².